The Hall–Kier alpha value is -4.97. The van der Waals surface area contributed by atoms with E-state index < -0.39 is 12.4 Å². The number of hydrogen-bond acceptors (Lipinski definition) is 9. The summed E-state index contributed by atoms with van der Waals surface area (Å²) in [6, 6.07) is 16.7. The maximum Gasteiger partial charge on any atom is 0.337 e. The number of nitrogens with two attached hydrogens (primary N) is 1. The first-order chi connectivity index (χ1) is 19.4. The van der Waals surface area contributed by atoms with Gasteiger partial charge in [-0.1, -0.05) is 18.2 Å². The molecule has 3 heterocycles. The SMILES string of the molecule is COC(=O)c1cccc(NCc2nc(-c3cccc(C(F)F)n3)c(-c3ccc4ncc(OCCN)nc4c3)[nH]2)c1. The molecule has 0 spiro atoms. The number of imidazole rings is 1. The van der Waals surface area contributed by atoms with Crippen LogP contribution in [0.1, 0.15) is 28.3 Å². The molecule has 4 N–H and O–H groups in total. The van der Waals surface area contributed by atoms with Gasteiger partial charge in [0.25, 0.3) is 6.43 Å². The van der Waals surface area contributed by atoms with E-state index in [1.165, 1.54) is 25.4 Å². The fourth-order valence-electron chi connectivity index (χ4n) is 4.05. The van der Waals surface area contributed by atoms with Crippen molar-refractivity contribution in [3.8, 4) is 28.5 Å². The molecule has 12 heteroatoms. The summed E-state index contributed by atoms with van der Waals surface area (Å²) in [5.74, 6) is 0.404. The third kappa shape index (κ3) is 5.86. The van der Waals surface area contributed by atoms with Crippen LogP contribution in [0.2, 0.25) is 0 Å². The quantitative estimate of drug-likeness (QED) is 0.212. The number of nitrogens with one attached hydrogen (secondary N) is 2. The Morgan fingerprint density at radius 1 is 1.05 bits per heavy atom. The van der Waals surface area contributed by atoms with Crippen molar-refractivity contribution in [2.24, 2.45) is 5.73 Å². The molecular formula is C28H25F2N7O3. The lowest BCUT2D eigenvalue weighted by Crippen LogP contribution is -2.11. The molecule has 0 aliphatic heterocycles. The predicted molar refractivity (Wildman–Crippen MR) is 145 cm³/mol. The van der Waals surface area contributed by atoms with Gasteiger partial charge < -0.3 is 25.5 Å². The largest absolute Gasteiger partial charge is 0.475 e. The Balaban J connectivity index is 1.52. The number of methoxy groups -OCH3 is 1. The van der Waals surface area contributed by atoms with E-state index in [9.17, 15) is 13.6 Å². The minimum Gasteiger partial charge on any atom is -0.475 e. The van der Waals surface area contributed by atoms with Crippen LogP contribution in [0.25, 0.3) is 33.7 Å². The van der Waals surface area contributed by atoms with E-state index in [2.05, 4.69) is 25.3 Å². The Bertz CT molecular complexity index is 1660. The Kier molecular flexibility index (Phi) is 7.87. The fraction of sp³-hybridized carbons (Fsp3) is 0.179. The van der Waals surface area contributed by atoms with E-state index in [0.717, 1.165) is 0 Å². The number of alkyl halides is 2. The number of aromatic nitrogens is 5. The van der Waals surface area contributed by atoms with Crippen molar-refractivity contribution in [1.29, 1.82) is 0 Å². The van der Waals surface area contributed by atoms with Crippen LogP contribution in [0.4, 0.5) is 14.5 Å². The number of fused-ring (bicyclic) bond motifs is 1. The van der Waals surface area contributed by atoms with Gasteiger partial charge in [0.1, 0.15) is 23.8 Å². The lowest BCUT2D eigenvalue weighted by Gasteiger charge is -2.07. The highest BCUT2D eigenvalue weighted by molar-refractivity contribution is 5.90. The van der Waals surface area contributed by atoms with Crippen LogP contribution < -0.4 is 15.8 Å². The first-order valence-electron chi connectivity index (χ1n) is 12.3. The summed E-state index contributed by atoms with van der Waals surface area (Å²) in [6.45, 7) is 0.887. The average Bonchev–Trinajstić information content (AvgIpc) is 3.42. The van der Waals surface area contributed by atoms with Gasteiger partial charge in [-0.2, -0.15) is 0 Å². The van der Waals surface area contributed by atoms with E-state index in [1.54, 1.807) is 36.4 Å². The van der Waals surface area contributed by atoms with Gasteiger partial charge in [0.2, 0.25) is 5.88 Å². The second-order valence-electron chi connectivity index (χ2n) is 8.63. The van der Waals surface area contributed by atoms with E-state index in [4.69, 9.17) is 20.2 Å². The second kappa shape index (κ2) is 11.8. The Morgan fingerprint density at radius 3 is 2.70 bits per heavy atom. The van der Waals surface area contributed by atoms with E-state index in [1.807, 2.05) is 12.1 Å². The van der Waals surface area contributed by atoms with Gasteiger partial charge in [-0.15, -0.1) is 0 Å². The number of carbonyl (C=O) groups is 1. The number of esters is 1. The first kappa shape index (κ1) is 26.6. The fourth-order valence-corrected chi connectivity index (χ4v) is 4.05. The number of ether oxygens (including phenoxy) is 2. The number of pyridine rings is 1. The van der Waals surface area contributed by atoms with Crippen LogP contribution in [0, 0.1) is 0 Å². The average molecular weight is 546 g/mol. The van der Waals surface area contributed by atoms with Gasteiger partial charge >= 0.3 is 5.97 Å². The summed E-state index contributed by atoms with van der Waals surface area (Å²) in [5.41, 5.74) is 9.40. The molecule has 5 aromatic rings. The number of H-pyrrole nitrogens is 1. The van der Waals surface area contributed by atoms with Crippen LogP contribution in [-0.4, -0.2) is 51.2 Å². The minimum atomic E-state index is -2.73. The highest BCUT2D eigenvalue weighted by Crippen LogP contribution is 2.32. The molecule has 0 saturated heterocycles. The molecule has 0 aliphatic rings. The molecule has 0 radical (unpaired) electrons. The molecule has 10 nitrogen and oxygen atoms in total. The normalized spacial score (nSPS) is 11.1. The molecule has 0 unspecified atom stereocenters. The van der Waals surface area contributed by atoms with Gasteiger partial charge in [-0.3, -0.25) is 0 Å². The molecule has 40 heavy (non-hydrogen) atoms. The number of rotatable bonds is 10. The number of nitrogens with zero attached hydrogens (tertiary/aromatic N) is 4. The molecule has 2 aromatic carbocycles. The summed E-state index contributed by atoms with van der Waals surface area (Å²) in [4.78, 5) is 32.9. The van der Waals surface area contributed by atoms with Crippen molar-refractivity contribution >= 4 is 22.7 Å². The lowest BCUT2D eigenvalue weighted by molar-refractivity contribution is 0.0600. The molecule has 0 bridgehead atoms. The molecule has 0 saturated carbocycles. The zero-order valence-electron chi connectivity index (χ0n) is 21.4. The van der Waals surface area contributed by atoms with Crippen molar-refractivity contribution in [2.75, 3.05) is 25.6 Å². The summed E-state index contributed by atoms with van der Waals surface area (Å²) in [6.07, 6.45) is -1.20. The maximum atomic E-state index is 13.4. The van der Waals surface area contributed by atoms with Crippen LogP contribution in [0.3, 0.4) is 0 Å². The summed E-state index contributed by atoms with van der Waals surface area (Å²) in [7, 11) is 1.32. The summed E-state index contributed by atoms with van der Waals surface area (Å²) < 4.78 is 37.2. The number of aromatic amines is 1. The summed E-state index contributed by atoms with van der Waals surface area (Å²) >= 11 is 0. The van der Waals surface area contributed by atoms with Crippen molar-refractivity contribution < 1.29 is 23.0 Å². The Labute approximate surface area is 227 Å². The van der Waals surface area contributed by atoms with Gasteiger partial charge in [0, 0.05) is 17.8 Å². The van der Waals surface area contributed by atoms with Crippen LogP contribution in [0.5, 0.6) is 5.88 Å². The summed E-state index contributed by atoms with van der Waals surface area (Å²) in [5, 5.41) is 3.22. The first-order valence-corrected chi connectivity index (χ1v) is 12.3. The van der Waals surface area contributed by atoms with Gasteiger partial charge in [-0.05, 0) is 42.5 Å². The van der Waals surface area contributed by atoms with Crippen molar-refractivity contribution in [2.45, 2.75) is 13.0 Å². The highest BCUT2D eigenvalue weighted by Gasteiger charge is 2.19. The minimum absolute atomic E-state index is 0.247. The van der Waals surface area contributed by atoms with Crippen LogP contribution in [-0.2, 0) is 11.3 Å². The van der Waals surface area contributed by atoms with E-state index in [0.29, 0.717) is 64.1 Å². The zero-order chi connectivity index (χ0) is 28.1. The van der Waals surface area contributed by atoms with Gasteiger partial charge in [0.05, 0.1) is 47.8 Å². The lowest BCUT2D eigenvalue weighted by atomic mass is 10.1. The molecule has 204 valence electrons. The highest BCUT2D eigenvalue weighted by atomic mass is 19.3. The number of benzene rings is 2. The number of anilines is 1. The zero-order valence-corrected chi connectivity index (χ0v) is 21.4. The Morgan fingerprint density at radius 2 is 1.90 bits per heavy atom. The third-order valence-electron chi connectivity index (χ3n) is 5.91. The topological polar surface area (TPSA) is 141 Å². The molecular weight excluding hydrogens is 520 g/mol. The molecule has 0 fully saturated rings. The second-order valence-corrected chi connectivity index (χ2v) is 8.63. The molecule has 0 aliphatic carbocycles. The van der Waals surface area contributed by atoms with E-state index in [-0.39, 0.29) is 17.9 Å². The smallest absolute Gasteiger partial charge is 0.337 e. The standard InChI is InChI=1S/C28H25F2N7O3/c1-39-28(38)17-4-2-5-18(12-17)32-14-23-36-25(26(37-23)20-6-3-7-21(34-20)27(29)30)16-8-9-19-22(13-16)35-24(15-33-19)40-11-10-31/h2-9,12-13,15,27,32H,10-11,14,31H2,1H3,(H,36,37). The van der Waals surface area contributed by atoms with Crippen molar-refractivity contribution in [1.82, 2.24) is 24.9 Å². The van der Waals surface area contributed by atoms with Gasteiger partial charge in [0.15, 0.2) is 0 Å². The molecule has 0 amide bonds. The molecule has 5 rings (SSSR count). The van der Waals surface area contributed by atoms with Gasteiger partial charge in [-0.25, -0.2) is 33.5 Å². The monoisotopic (exact) mass is 545 g/mol. The maximum absolute atomic E-state index is 13.4. The molecule has 3 aromatic heterocycles. The van der Waals surface area contributed by atoms with Crippen molar-refractivity contribution in [3.05, 3.63) is 83.9 Å². The predicted octanol–water partition coefficient (Wildman–Crippen LogP) is 4.76. The molecule has 0 atom stereocenters. The van der Waals surface area contributed by atoms with E-state index >= 15 is 0 Å². The number of hydrogen-bond donors (Lipinski definition) is 3. The number of carbonyl (C=O) groups excluding carboxylic acids is 1. The third-order valence-corrected chi connectivity index (χ3v) is 5.91. The van der Waals surface area contributed by atoms with Crippen LogP contribution in [0.15, 0.2) is 66.9 Å². The number of halogens is 2. The van der Waals surface area contributed by atoms with Crippen LogP contribution >= 0.6 is 0 Å². The van der Waals surface area contributed by atoms with Crippen molar-refractivity contribution in [3.63, 3.8) is 0 Å².